The van der Waals surface area contributed by atoms with Crippen molar-refractivity contribution in [3.05, 3.63) is 32.9 Å². The van der Waals surface area contributed by atoms with Gasteiger partial charge < -0.3 is 4.74 Å². The number of hydrogen-bond acceptors (Lipinski definition) is 4. The molecule has 114 valence electrons. The molecule has 1 heterocycles. The lowest BCUT2D eigenvalue weighted by molar-refractivity contribution is -0.383. The van der Waals surface area contributed by atoms with E-state index < -0.39 is 13.0 Å². The number of non-ortho nitro benzene ring substituents is 1. The van der Waals surface area contributed by atoms with Gasteiger partial charge >= 0.3 is 0 Å². The summed E-state index contributed by atoms with van der Waals surface area (Å²) in [5, 5.41) is 16.1. The van der Waals surface area contributed by atoms with E-state index in [0.717, 1.165) is 15.9 Å². The molecule has 0 aliphatic heterocycles. The van der Waals surface area contributed by atoms with Crippen LogP contribution in [0.5, 0.6) is 0 Å². The summed E-state index contributed by atoms with van der Waals surface area (Å²) in [7, 11) is -1.14. The largest absolute Gasteiger partial charge is 0.360 e. The maximum Gasteiger partial charge on any atom is 0.295 e. The topological polar surface area (TPSA) is 70.2 Å². The van der Waals surface area contributed by atoms with E-state index in [1.807, 2.05) is 0 Å². The number of nitro benzene ring substituents is 1. The minimum atomic E-state index is -1.14. The standard InChI is InChI=1S/C13H18BrN3O3Si/c1-21(2,3)7-6-20-9-16-13-10(8-15-16)11(14)4-5-12(13)17(18)19/h4-5,8H,6-7,9H2,1-3H3. The maximum atomic E-state index is 11.2. The summed E-state index contributed by atoms with van der Waals surface area (Å²) in [6, 6.07) is 4.20. The van der Waals surface area contributed by atoms with Gasteiger partial charge in [0, 0.05) is 30.6 Å². The van der Waals surface area contributed by atoms with E-state index in [-0.39, 0.29) is 12.4 Å². The number of hydrogen-bond donors (Lipinski definition) is 0. The summed E-state index contributed by atoms with van der Waals surface area (Å²) in [5.74, 6) is 0. The third kappa shape index (κ3) is 3.89. The highest BCUT2D eigenvalue weighted by molar-refractivity contribution is 9.10. The normalized spacial score (nSPS) is 12.0. The number of aromatic nitrogens is 2. The van der Waals surface area contributed by atoms with Gasteiger partial charge in [-0.05, 0) is 12.1 Å². The summed E-state index contributed by atoms with van der Waals surface area (Å²) < 4.78 is 7.97. The van der Waals surface area contributed by atoms with Crippen LogP contribution in [0.2, 0.25) is 25.7 Å². The molecule has 2 rings (SSSR count). The lowest BCUT2D eigenvalue weighted by Gasteiger charge is -2.15. The molecule has 0 unspecified atom stereocenters. The molecular weight excluding hydrogens is 354 g/mol. The highest BCUT2D eigenvalue weighted by Gasteiger charge is 2.19. The SMILES string of the molecule is C[Si](C)(C)CCOCn1ncc2c(Br)ccc([N+](=O)[O-])c21. The number of ether oxygens (including phenoxy) is 1. The van der Waals surface area contributed by atoms with Crippen LogP contribution in [0.3, 0.4) is 0 Å². The van der Waals surface area contributed by atoms with Crippen LogP contribution in [0, 0.1) is 10.1 Å². The van der Waals surface area contributed by atoms with Crippen LogP contribution < -0.4 is 0 Å². The first-order valence-electron chi connectivity index (χ1n) is 6.66. The third-order valence-corrected chi connectivity index (χ3v) is 5.53. The fourth-order valence-corrected chi connectivity index (χ4v) is 3.10. The van der Waals surface area contributed by atoms with Gasteiger partial charge in [0.2, 0.25) is 0 Å². The Morgan fingerprint density at radius 1 is 1.43 bits per heavy atom. The van der Waals surface area contributed by atoms with Gasteiger partial charge in [0.25, 0.3) is 5.69 Å². The summed E-state index contributed by atoms with van der Waals surface area (Å²) in [5.41, 5.74) is 0.530. The molecule has 0 saturated carbocycles. The molecule has 21 heavy (non-hydrogen) atoms. The van der Waals surface area contributed by atoms with Crippen LogP contribution in [-0.2, 0) is 11.5 Å². The first kappa shape index (κ1) is 16.1. The van der Waals surface area contributed by atoms with E-state index in [1.54, 1.807) is 16.9 Å². The number of benzene rings is 1. The average molecular weight is 372 g/mol. The Labute approximate surface area is 132 Å². The molecule has 0 aliphatic carbocycles. The van der Waals surface area contributed by atoms with Crippen molar-refractivity contribution < 1.29 is 9.66 Å². The van der Waals surface area contributed by atoms with Crippen molar-refractivity contribution in [2.75, 3.05) is 6.61 Å². The highest BCUT2D eigenvalue weighted by atomic mass is 79.9. The zero-order chi connectivity index (χ0) is 15.6. The van der Waals surface area contributed by atoms with E-state index in [9.17, 15) is 10.1 Å². The van der Waals surface area contributed by atoms with Crippen LogP contribution in [0.1, 0.15) is 0 Å². The van der Waals surface area contributed by atoms with Crippen molar-refractivity contribution in [2.45, 2.75) is 32.4 Å². The Hall–Kier alpha value is -1.25. The van der Waals surface area contributed by atoms with Gasteiger partial charge in [-0.2, -0.15) is 5.10 Å². The number of halogens is 1. The van der Waals surface area contributed by atoms with Crippen LogP contribution in [-0.4, -0.2) is 29.4 Å². The summed E-state index contributed by atoms with van der Waals surface area (Å²) >= 11 is 3.39. The van der Waals surface area contributed by atoms with Crippen molar-refractivity contribution >= 4 is 40.6 Å². The van der Waals surface area contributed by atoms with E-state index in [4.69, 9.17) is 4.74 Å². The minimum absolute atomic E-state index is 0.0412. The third-order valence-electron chi connectivity index (χ3n) is 3.13. The summed E-state index contributed by atoms with van der Waals surface area (Å²) in [6.45, 7) is 7.72. The summed E-state index contributed by atoms with van der Waals surface area (Å²) in [4.78, 5) is 10.8. The summed E-state index contributed by atoms with van der Waals surface area (Å²) in [6.07, 6.45) is 1.62. The first-order chi connectivity index (χ1) is 9.79. The molecule has 0 bridgehead atoms. The molecule has 1 aromatic carbocycles. The second-order valence-electron chi connectivity index (χ2n) is 6.08. The van der Waals surface area contributed by atoms with E-state index >= 15 is 0 Å². The number of rotatable bonds is 6. The van der Waals surface area contributed by atoms with E-state index in [0.29, 0.717) is 12.1 Å². The molecule has 0 fully saturated rings. The number of fused-ring (bicyclic) bond motifs is 1. The van der Waals surface area contributed by atoms with Crippen LogP contribution in [0.4, 0.5) is 5.69 Å². The van der Waals surface area contributed by atoms with Crippen LogP contribution in [0.15, 0.2) is 22.8 Å². The fraction of sp³-hybridized carbons (Fsp3) is 0.462. The van der Waals surface area contributed by atoms with Crippen LogP contribution in [0.25, 0.3) is 10.9 Å². The zero-order valence-electron chi connectivity index (χ0n) is 12.3. The van der Waals surface area contributed by atoms with E-state index in [1.165, 1.54) is 6.07 Å². The Morgan fingerprint density at radius 3 is 2.76 bits per heavy atom. The van der Waals surface area contributed by atoms with Gasteiger partial charge in [0.1, 0.15) is 12.2 Å². The van der Waals surface area contributed by atoms with Gasteiger partial charge in [-0.25, -0.2) is 4.68 Å². The molecule has 1 aromatic heterocycles. The average Bonchev–Trinajstić information content (AvgIpc) is 2.78. The zero-order valence-corrected chi connectivity index (χ0v) is 14.9. The lowest BCUT2D eigenvalue weighted by atomic mass is 10.2. The van der Waals surface area contributed by atoms with Gasteiger partial charge in [-0.3, -0.25) is 10.1 Å². The molecule has 0 aliphatic rings. The number of nitrogens with zero attached hydrogens (tertiary/aromatic N) is 3. The molecule has 0 amide bonds. The smallest absolute Gasteiger partial charge is 0.295 e. The van der Waals surface area contributed by atoms with Crippen molar-refractivity contribution in [3.8, 4) is 0 Å². The Bertz CT molecular complexity index is 666. The molecular formula is C13H18BrN3O3Si. The van der Waals surface area contributed by atoms with Gasteiger partial charge in [0.15, 0.2) is 0 Å². The van der Waals surface area contributed by atoms with Crippen molar-refractivity contribution in [2.24, 2.45) is 0 Å². The van der Waals surface area contributed by atoms with Crippen LogP contribution >= 0.6 is 15.9 Å². The Kier molecular flexibility index (Phi) is 4.80. The Balaban J connectivity index is 2.21. The van der Waals surface area contributed by atoms with Gasteiger partial charge in [0.05, 0.1) is 11.1 Å². The molecule has 0 atom stereocenters. The molecule has 2 aromatic rings. The quantitative estimate of drug-likeness (QED) is 0.332. The molecule has 0 saturated heterocycles. The first-order valence-corrected chi connectivity index (χ1v) is 11.2. The molecule has 0 radical (unpaired) electrons. The molecule has 0 N–H and O–H groups in total. The second kappa shape index (κ2) is 6.25. The number of nitro groups is 1. The predicted octanol–water partition coefficient (Wildman–Crippen LogP) is 4.02. The highest BCUT2D eigenvalue weighted by Crippen LogP contribution is 2.31. The lowest BCUT2D eigenvalue weighted by Crippen LogP contribution is -2.22. The van der Waals surface area contributed by atoms with Crippen molar-refractivity contribution in [1.29, 1.82) is 0 Å². The van der Waals surface area contributed by atoms with E-state index in [2.05, 4.69) is 40.7 Å². The monoisotopic (exact) mass is 371 g/mol. The molecule has 0 spiro atoms. The van der Waals surface area contributed by atoms with Gasteiger partial charge in [-0.15, -0.1) is 0 Å². The van der Waals surface area contributed by atoms with Crippen molar-refractivity contribution in [1.82, 2.24) is 9.78 Å². The minimum Gasteiger partial charge on any atom is -0.360 e. The second-order valence-corrected chi connectivity index (χ2v) is 12.6. The molecule has 6 nitrogen and oxygen atoms in total. The van der Waals surface area contributed by atoms with Crippen molar-refractivity contribution in [3.63, 3.8) is 0 Å². The fourth-order valence-electron chi connectivity index (χ4n) is 1.93. The van der Waals surface area contributed by atoms with Gasteiger partial charge in [-0.1, -0.05) is 35.6 Å². The predicted molar refractivity (Wildman–Crippen MR) is 88.2 cm³/mol. The maximum absolute atomic E-state index is 11.2. The molecule has 8 heteroatoms. The Morgan fingerprint density at radius 2 is 2.14 bits per heavy atom.